The number of benzene rings is 1. The van der Waals surface area contributed by atoms with Gasteiger partial charge in [-0.15, -0.1) is 0 Å². The minimum Gasteiger partial charge on any atom is -0.480 e. The van der Waals surface area contributed by atoms with Gasteiger partial charge in [0.1, 0.15) is 6.04 Å². The van der Waals surface area contributed by atoms with E-state index in [1.54, 1.807) is 0 Å². The lowest BCUT2D eigenvalue weighted by Gasteiger charge is -2.11. The van der Waals surface area contributed by atoms with Gasteiger partial charge in [-0.3, -0.25) is 4.79 Å². The molecule has 5 nitrogen and oxygen atoms in total. The number of carbonyl (C=O) groups is 2. The smallest absolute Gasteiger partial charge is 0.325 e. The Balaban J connectivity index is 2.47. The van der Waals surface area contributed by atoms with Crippen molar-refractivity contribution in [3.63, 3.8) is 0 Å². The summed E-state index contributed by atoms with van der Waals surface area (Å²) in [5.74, 6) is -1.06. The molecule has 18 heavy (non-hydrogen) atoms. The molecule has 0 aliphatic heterocycles. The van der Waals surface area contributed by atoms with Gasteiger partial charge in [0.2, 0.25) is 0 Å². The van der Waals surface area contributed by atoms with Gasteiger partial charge in [-0.25, -0.2) is 4.79 Å². The molecule has 3 N–H and O–H groups in total. The number of hydrogen-bond acceptors (Lipinski definition) is 2. The van der Waals surface area contributed by atoms with Crippen LogP contribution in [0, 0.1) is 13.8 Å². The Hall–Kier alpha value is -2.04. The zero-order valence-electron chi connectivity index (χ0n) is 10.8. The average Bonchev–Trinajstić information content (AvgIpc) is 2.30. The van der Waals surface area contributed by atoms with E-state index in [0.717, 1.165) is 11.1 Å². The lowest BCUT2D eigenvalue weighted by molar-refractivity contribution is -0.138. The first-order valence-electron chi connectivity index (χ1n) is 5.73. The fourth-order valence-corrected chi connectivity index (χ4v) is 1.41. The fourth-order valence-electron chi connectivity index (χ4n) is 1.41. The zero-order chi connectivity index (χ0) is 13.7. The lowest BCUT2D eigenvalue weighted by atomic mass is 10.1. The fraction of sp³-hybridized carbons (Fsp3) is 0.385. The minimum absolute atomic E-state index is 0.374. The Labute approximate surface area is 106 Å². The van der Waals surface area contributed by atoms with Crippen molar-refractivity contribution >= 4 is 12.0 Å². The molecule has 0 fully saturated rings. The lowest BCUT2D eigenvalue weighted by Crippen LogP contribution is -2.44. The molecule has 1 aromatic carbocycles. The Morgan fingerprint density at radius 2 is 1.94 bits per heavy atom. The molecule has 1 atom stereocenters. The summed E-state index contributed by atoms with van der Waals surface area (Å²) in [6, 6.07) is 4.54. The molecule has 0 saturated heterocycles. The second kappa shape index (κ2) is 6.05. The Bertz CT molecular complexity index is 458. The molecule has 1 rings (SSSR count). The molecule has 1 unspecified atom stereocenters. The van der Waals surface area contributed by atoms with Crippen LogP contribution < -0.4 is 10.6 Å². The number of rotatable bonds is 4. The van der Waals surface area contributed by atoms with Gasteiger partial charge in [0.15, 0.2) is 0 Å². The number of carboxylic acid groups (broad SMARTS) is 1. The molecule has 2 amide bonds. The molecule has 0 aliphatic rings. The van der Waals surface area contributed by atoms with E-state index in [4.69, 9.17) is 5.11 Å². The molecular weight excluding hydrogens is 232 g/mol. The maximum atomic E-state index is 11.4. The van der Waals surface area contributed by atoms with E-state index >= 15 is 0 Å². The number of nitrogens with one attached hydrogen (secondary N) is 2. The maximum Gasteiger partial charge on any atom is 0.325 e. The summed E-state index contributed by atoms with van der Waals surface area (Å²) in [7, 11) is 0. The number of aliphatic carboxylic acids is 1. The second-order valence-electron chi connectivity index (χ2n) is 4.31. The Morgan fingerprint density at radius 1 is 1.28 bits per heavy atom. The van der Waals surface area contributed by atoms with Crippen molar-refractivity contribution in [2.45, 2.75) is 33.4 Å². The third kappa shape index (κ3) is 4.08. The van der Waals surface area contributed by atoms with Crippen LogP contribution in [-0.2, 0) is 11.3 Å². The number of urea groups is 1. The van der Waals surface area contributed by atoms with Crippen LogP contribution in [0.25, 0.3) is 0 Å². The molecular formula is C13H18N2O3. The molecule has 0 bridgehead atoms. The van der Waals surface area contributed by atoms with E-state index in [9.17, 15) is 9.59 Å². The first kappa shape index (κ1) is 14.0. The van der Waals surface area contributed by atoms with Crippen LogP contribution in [0.15, 0.2) is 18.2 Å². The molecule has 0 aliphatic carbocycles. The third-order valence-corrected chi connectivity index (χ3v) is 2.74. The third-order valence-electron chi connectivity index (χ3n) is 2.74. The zero-order valence-corrected chi connectivity index (χ0v) is 10.8. The van der Waals surface area contributed by atoms with Crippen molar-refractivity contribution in [1.29, 1.82) is 0 Å². The summed E-state index contributed by atoms with van der Waals surface area (Å²) in [5.41, 5.74) is 3.34. The number of hydrogen-bond donors (Lipinski definition) is 3. The quantitative estimate of drug-likeness (QED) is 0.759. The van der Waals surface area contributed by atoms with Gasteiger partial charge >= 0.3 is 12.0 Å². The van der Waals surface area contributed by atoms with E-state index in [2.05, 4.69) is 10.6 Å². The highest BCUT2D eigenvalue weighted by atomic mass is 16.4. The Kier molecular flexibility index (Phi) is 4.71. The first-order valence-corrected chi connectivity index (χ1v) is 5.73. The summed E-state index contributed by atoms with van der Waals surface area (Å²) < 4.78 is 0. The molecule has 0 radical (unpaired) electrons. The number of carbonyl (C=O) groups excluding carboxylic acids is 1. The molecule has 98 valence electrons. The van der Waals surface area contributed by atoms with Crippen molar-refractivity contribution in [2.24, 2.45) is 0 Å². The molecule has 0 heterocycles. The monoisotopic (exact) mass is 250 g/mol. The van der Waals surface area contributed by atoms with Crippen LogP contribution in [0.1, 0.15) is 23.6 Å². The molecule has 5 heteroatoms. The molecule has 1 aromatic rings. The van der Waals surface area contributed by atoms with Crippen LogP contribution in [0.3, 0.4) is 0 Å². The molecule has 0 aromatic heterocycles. The summed E-state index contributed by atoms with van der Waals surface area (Å²) in [6.45, 7) is 5.82. The molecule has 0 spiro atoms. The average molecular weight is 250 g/mol. The topological polar surface area (TPSA) is 78.4 Å². The summed E-state index contributed by atoms with van der Waals surface area (Å²) in [6.07, 6.45) is 0. The number of amides is 2. The van der Waals surface area contributed by atoms with Gasteiger partial charge in [-0.1, -0.05) is 18.2 Å². The van der Waals surface area contributed by atoms with Gasteiger partial charge in [-0.05, 0) is 37.5 Å². The van der Waals surface area contributed by atoms with Crippen LogP contribution in [0.2, 0.25) is 0 Å². The highest BCUT2D eigenvalue weighted by Crippen LogP contribution is 2.09. The standard InChI is InChI=1S/C13H18N2O3/c1-8-4-5-11(6-9(8)2)7-14-13(18)15-10(3)12(16)17/h4-6,10H,7H2,1-3H3,(H,16,17)(H2,14,15,18). The number of carboxylic acids is 1. The summed E-state index contributed by atoms with van der Waals surface area (Å²) >= 11 is 0. The van der Waals surface area contributed by atoms with E-state index in [1.165, 1.54) is 12.5 Å². The van der Waals surface area contributed by atoms with Crippen LogP contribution in [0.5, 0.6) is 0 Å². The first-order chi connectivity index (χ1) is 8.40. The molecule has 0 saturated carbocycles. The van der Waals surface area contributed by atoms with Crippen LogP contribution in [0.4, 0.5) is 4.79 Å². The summed E-state index contributed by atoms with van der Waals surface area (Å²) in [4.78, 5) is 21.9. The SMILES string of the molecule is Cc1ccc(CNC(=O)NC(C)C(=O)O)cc1C. The minimum atomic E-state index is -1.06. The highest BCUT2D eigenvalue weighted by molar-refractivity contribution is 5.82. The maximum absolute atomic E-state index is 11.4. The van der Waals surface area contributed by atoms with E-state index < -0.39 is 18.0 Å². The van der Waals surface area contributed by atoms with Crippen molar-refractivity contribution in [3.8, 4) is 0 Å². The van der Waals surface area contributed by atoms with Crippen LogP contribution >= 0.6 is 0 Å². The van der Waals surface area contributed by atoms with Gasteiger partial charge in [0.25, 0.3) is 0 Å². The van der Waals surface area contributed by atoms with Crippen molar-refractivity contribution in [3.05, 3.63) is 34.9 Å². The largest absolute Gasteiger partial charge is 0.480 e. The van der Waals surface area contributed by atoms with Gasteiger partial charge < -0.3 is 15.7 Å². The second-order valence-corrected chi connectivity index (χ2v) is 4.31. The predicted molar refractivity (Wildman–Crippen MR) is 68.4 cm³/mol. The predicted octanol–water partition coefficient (Wildman–Crippen LogP) is 1.58. The summed E-state index contributed by atoms with van der Waals surface area (Å²) in [5, 5.41) is 13.6. The van der Waals surface area contributed by atoms with Crippen molar-refractivity contribution in [2.75, 3.05) is 0 Å². The number of aryl methyl sites for hydroxylation is 2. The van der Waals surface area contributed by atoms with Gasteiger partial charge in [-0.2, -0.15) is 0 Å². The van der Waals surface area contributed by atoms with Crippen molar-refractivity contribution in [1.82, 2.24) is 10.6 Å². The van der Waals surface area contributed by atoms with Crippen LogP contribution in [-0.4, -0.2) is 23.1 Å². The van der Waals surface area contributed by atoms with Gasteiger partial charge in [0, 0.05) is 6.54 Å². The van der Waals surface area contributed by atoms with Gasteiger partial charge in [0.05, 0.1) is 0 Å². The normalized spacial score (nSPS) is 11.7. The van der Waals surface area contributed by atoms with E-state index in [-0.39, 0.29) is 0 Å². The highest BCUT2D eigenvalue weighted by Gasteiger charge is 2.13. The Morgan fingerprint density at radius 3 is 2.50 bits per heavy atom. The van der Waals surface area contributed by atoms with E-state index in [1.807, 2.05) is 32.0 Å². The van der Waals surface area contributed by atoms with Crippen molar-refractivity contribution < 1.29 is 14.7 Å². The van der Waals surface area contributed by atoms with E-state index in [0.29, 0.717) is 6.54 Å².